The Morgan fingerprint density at radius 1 is 1.06 bits per heavy atom. The van der Waals surface area contributed by atoms with Crippen LogP contribution in [-0.2, 0) is 26.2 Å². The molecule has 2 amide bonds. The third-order valence-electron chi connectivity index (χ3n) is 5.54. The van der Waals surface area contributed by atoms with E-state index in [1.54, 1.807) is 13.0 Å². The zero-order valence-electron chi connectivity index (χ0n) is 21.3. The van der Waals surface area contributed by atoms with E-state index in [4.69, 9.17) is 9.47 Å². The van der Waals surface area contributed by atoms with Gasteiger partial charge in [-0.05, 0) is 42.7 Å². The molecule has 1 atom stereocenters. The van der Waals surface area contributed by atoms with Crippen LogP contribution in [0.15, 0.2) is 42.5 Å². The molecule has 0 saturated carbocycles. The molecule has 36 heavy (non-hydrogen) atoms. The highest BCUT2D eigenvalue weighted by Crippen LogP contribution is 2.33. The Hall–Kier alpha value is -3.34. The van der Waals surface area contributed by atoms with Crippen molar-refractivity contribution in [3.63, 3.8) is 0 Å². The molecule has 0 saturated heterocycles. The summed E-state index contributed by atoms with van der Waals surface area (Å²) in [5.41, 5.74) is 0.749. The van der Waals surface area contributed by atoms with Crippen molar-refractivity contribution in [2.45, 2.75) is 39.3 Å². The maximum atomic E-state index is 13.6. The Morgan fingerprint density at radius 2 is 1.72 bits per heavy atom. The van der Waals surface area contributed by atoms with Gasteiger partial charge in [-0.25, -0.2) is 12.8 Å². The molecule has 2 aromatic carbocycles. The number of rotatable bonds is 13. The van der Waals surface area contributed by atoms with Gasteiger partial charge < -0.3 is 19.7 Å². The molecule has 0 fully saturated rings. The van der Waals surface area contributed by atoms with Gasteiger partial charge in [0.2, 0.25) is 21.8 Å². The van der Waals surface area contributed by atoms with Gasteiger partial charge >= 0.3 is 0 Å². The summed E-state index contributed by atoms with van der Waals surface area (Å²) in [5.74, 6) is -0.722. The maximum absolute atomic E-state index is 13.6. The number of hydrogen-bond donors (Lipinski definition) is 1. The largest absolute Gasteiger partial charge is 0.497 e. The molecule has 1 N–H and O–H groups in total. The number of nitrogens with one attached hydrogen (secondary N) is 1. The molecule has 11 heteroatoms. The highest BCUT2D eigenvalue weighted by molar-refractivity contribution is 7.92. The zero-order valence-corrected chi connectivity index (χ0v) is 22.1. The minimum absolute atomic E-state index is 0.00544. The molecular weight excluding hydrogens is 489 g/mol. The highest BCUT2D eigenvalue weighted by atomic mass is 32.2. The molecule has 198 valence electrons. The lowest BCUT2D eigenvalue weighted by Gasteiger charge is -2.33. The van der Waals surface area contributed by atoms with Gasteiger partial charge in [-0.3, -0.25) is 13.9 Å². The van der Waals surface area contributed by atoms with Crippen LogP contribution in [0.25, 0.3) is 0 Å². The Bertz CT molecular complexity index is 1140. The number of anilines is 1. The predicted octanol–water partition coefficient (Wildman–Crippen LogP) is 2.94. The van der Waals surface area contributed by atoms with E-state index in [1.165, 1.54) is 55.5 Å². The van der Waals surface area contributed by atoms with Gasteiger partial charge in [-0.2, -0.15) is 0 Å². The average Bonchev–Trinajstić information content (AvgIpc) is 2.85. The van der Waals surface area contributed by atoms with E-state index in [0.717, 1.165) is 10.6 Å². The van der Waals surface area contributed by atoms with Gasteiger partial charge in [-0.15, -0.1) is 0 Å². The lowest BCUT2D eigenvalue weighted by atomic mass is 10.1. The molecule has 0 radical (unpaired) electrons. The number of methoxy groups -OCH3 is 2. The third kappa shape index (κ3) is 7.58. The molecule has 9 nitrogen and oxygen atoms in total. The van der Waals surface area contributed by atoms with Crippen LogP contribution in [0.5, 0.6) is 11.5 Å². The van der Waals surface area contributed by atoms with Gasteiger partial charge in [0.1, 0.15) is 29.9 Å². The number of halogens is 1. The van der Waals surface area contributed by atoms with Gasteiger partial charge in [-0.1, -0.05) is 26.0 Å². The van der Waals surface area contributed by atoms with E-state index in [-0.39, 0.29) is 23.9 Å². The van der Waals surface area contributed by atoms with Crippen molar-refractivity contribution in [3.05, 3.63) is 53.8 Å². The molecule has 0 aromatic heterocycles. The fourth-order valence-corrected chi connectivity index (χ4v) is 4.51. The van der Waals surface area contributed by atoms with E-state index in [9.17, 15) is 22.4 Å². The smallest absolute Gasteiger partial charge is 0.244 e. The molecule has 0 aliphatic heterocycles. The van der Waals surface area contributed by atoms with Crippen LogP contribution < -0.4 is 19.1 Å². The number of hydrogen-bond acceptors (Lipinski definition) is 6. The molecule has 0 heterocycles. The van der Waals surface area contributed by atoms with E-state index >= 15 is 0 Å². The van der Waals surface area contributed by atoms with Crippen LogP contribution in [0.4, 0.5) is 10.1 Å². The fraction of sp³-hybridized carbons (Fsp3) is 0.440. The summed E-state index contributed by atoms with van der Waals surface area (Å²) in [6.07, 6.45) is 2.00. The quantitative estimate of drug-likeness (QED) is 0.433. The Kier molecular flexibility index (Phi) is 10.5. The minimum atomic E-state index is -3.93. The summed E-state index contributed by atoms with van der Waals surface area (Å²) in [4.78, 5) is 27.9. The highest BCUT2D eigenvalue weighted by Gasteiger charge is 2.32. The first-order valence-corrected chi connectivity index (χ1v) is 13.4. The third-order valence-corrected chi connectivity index (χ3v) is 6.66. The van der Waals surface area contributed by atoms with E-state index in [1.807, 2.05) is 6.92 Å². The lowest BCUT2D eigenvalue weighted by Crippen LogP contribution is -2.52. The summed E-state index contributed by atoms with van der Waals surface area (Å²) in [5, 5.41) is 2.80. The van der Waals surface area contributed by atoms with Crippen molar-refractivity contribution >= 4 is 27.5 Å². The summed E-state index contributed by atoms with van der Waals surface area (Å²) in [6.45, 7) is 3.54. The van der Waals surface area contributed by atoms with Gasteiger partial charge in [0.05, 0.1) is 26.2 Å². The molecule has 0 aliphatic carbocycles. The Morgan fingerprint density at radius 3 is 2.25 bits per heavy atom. The van der Waals surface area contributed by atoms with Crippen LogP contribution in [0.3, 0.4) is 0 Å². The van der Waals surface area contributed by atoms with Crippen molar-refractivity contribution in [1.82, 2.24) is 10.2 Å². The first-order valence-electron chi connectivity index (χ1n) is 11.6. The number of amides is 2. The summed E-state index contributed by atoms with van der Waals surface area (Å²) >= 11 is 0. The van der Waals surface area contributed by atoms with Gasteiger partial charge in [0, 0.05) is 19.2 Å². The Labute approximate surface area is 212 Å². The molecule has 0 unspecified atom stereocenters. The summed E-state index contributed by atoms with van der Waals surface area (Å²) in [7, 11) is -1.08. The van der Waals surface area contributed by atoms with Crippen molar-refractivity contribution < 1.29 is 31.9 Å². The SMILES string of the molecule is CCCNC(=O)[C@H](CC)N(Cc1ccc(F)cc1)C(=O)CN(c1ccc(OC)cc1OC)S(C)(=O)=O. The van der Waals surface area contributed by atoms with E-state index in [2.05, 4.69) is 5.32 Å². The molecular formula is C25H34FN3O6S. The van der Waals surface area contributed by atoms with Crippen LogP contribution >= 0.6 is 0 Å². The first kappa shape index (κ1) is 28.9. The number of sulfonamides is 1. The van der Waals surface area contributed by atoms with Gasteiger partial charge in [0.15, 0.2) is 0 Å². The second-order valence-electron chi connectivity index (χ2n) is 8.17. The van der Waals surface area contributed by atoms with Crippen LogP contribution in [0, 0.1) is 5.82 Å². The van der Waals surface area contributed by atoms with Crippen LogP contribution in [0.1, 0.15) is 32.3 Å². The van der Waals surface area contributed by atoms with E-state index in [0.29, 0.717) is 30.7 Å². The number of ether oxygens (including phenoxy) is 2. The molecule has 0 aliphatic rings. The normalized spacial score (nSPS) is 11.9. The summed E-state index contributed by atoms with van der Waals surface area (Å²) < 4.78 is 50.5. The second-order valence-corrected chi connectivity index (χ2v) is 10.1. The van der Waals surface area contributed by atoms with Crippen molar-refractivity contribution in [3.8, 4) is 11.5 Å². The fourth-order valence-electron chi connectivity index (χ4n) is 3.66. The molecule has 2 rings (SSSR count). The van der Waals surface area contributed by atoms with Crippen LogP contribution in [-0.4, -0.2) is 64.7 Å². The summed E-state index contributed by atoms with van der Waals surface area (Å²) in [6, 6.07) is 9.28. The number of nitrogens with zero attached hydrogens (tertiary/aromatic N) is 2. The standard InChI is InChI=1S/C25H34FN3O6S/c1-6-14-27-25(31)21(7-2)28(16-18-8-10-19(26)11-9-18)24(30)17-29(36(5,32)33)22-13-12-20(34-3)15-23(22)35-4/h8-13,15,21H,6-7,14,16-17H2,1-5H3,(H,27,31)/t21-/m0/s1. The lowest BCUT2D eigenvalue weighted by molar-refractivity contribution is -0.140. The minimum Gasteiger partial charge on any atom is -0.497 e. The van der Waals surface area contributed by atoms with Crippen molar-refractivity contribution in [2.24, 2.45) is 0 Å². The van der Waals surface area contributed by atoms with E-state index < -0.39 is 34.3 Å². The van der Waals surface area contributed by atoms with Gasteiger partial charge in [0.25, 0.3) is 0 Å². The molecule has 2 aromatic rings. The zero-order chi connectivity index (χ0) is 26.9. The van der Waals surface area contributed by atoms with Crippen LogP contribution in [0.2, 0.25) is 0 Å². The molecule has 0 bridgehead atoms. The average molecular weight is 524 g/mol. The van der Waals surface area contributed by atoms with Crippen molar-refractivity contribution in [2.75, 3.05) is 37.9 Å². The molecule has 0 spiro atoms. The predicted molar refractivity (Wildman–Crippen MR) is 136 cm³/mol. The first-order chi connectivity index (χ1) is 17.0. The second kappa shape index (κ2) is 13.1. The number of carbonyl (C=O) groups is 2. The maximum Gasteiger partial charge on any atom is 0.244 e. The monoisotopic (exact) mass is 523 g/mol. The Balaban J connectivity index is 2.48. The number of carbonyl (C=O) groups excluding carboxylic acids is 2. The van der Waals surface area contributed by atoms with Crippen molar-refractivity contribution in [1.29, 1.82) is 0 Å². The number of benzene rings is 2. The topological polar surface area (TPSA) is 105 Å².